The van der Waals surface area contributed by atoms with Crippen LogP contribution >= 0.6 is 0 Å². The van der Waals surface area contributed by atoms with Gasteiger partial charge in [0.25, 0.3) is 0 Å². The lowest BCUT2D eigenvalue weighted by Gasteiger charge is -2.12. The molecular formula is C10H18F2N2. The quantitative estimate of drug-likeness (QED) is 0.552. The molecule has 0 aliphatic carbocycles. The Hall–Kier alpha value is -0.930. The maximum atomic E-state index is 13.0. The first-order chi connectivity index (χ1) is 6.51. The predicted octanol–water partition coefficient (Wildman–Crippen LogP) is 2.61. The van der Waals surface area contributed by atoms with Gasteiger partial charge < -0.3 is 5.32 Å². The van der Waals surface area contributed by atoms with Gasteiger partial charge in [0.2, 0.25) is 0 Å². The molecule has 0 heterocycles. The fourth-order valence-electron chi connectivity index (χ4n) is 0.980. The molecule has 14 heavy (non-hydrogen) atoms. The van der Waals surface area contributed by atoms with E-state index in [0.717, 1.165) is 0 Å². The van der Waals surface area contributed by atoms with E-state index in [-0.39, 0.29) is 17.7 Å². The summed E-state index contributed by atoms with van der Waals surface area (Å²) in [5.41, 5.74) is 0. The number of allylic oxidation sites excluding steroid dienone is 1. The van der Waals surface area contributed by atoms with Crippen LogP contribution in [0.15, 0.2) is 16.9 Å². The van der Waals surface area contributed by atoms with Crippen LogP contribution in [0.3, 0.4) is 0 Å². The van der Waals surface area contributed by atoms with Crippen LogP contribution in [0.2, 0.25) is 0 Å². The molecule has 0 fully saturated rings. The lowest BCUT2D eigenvalue weighted by Crippen LogP contribution is -2.32. The summed E-state index contributed by atoms with van der Waals surface area (Å²) in [5.74, 6) is -0.147. The highest BCUT2D eigenvalue weighted by atomic mass is 19.1. The smallest absolute Gasteiger partial charge is 0.146 e. The summed E-state index contributed by atoms with van der Waals surface area (Å²) in [7, 11) is 0. The first-order valence-electron chi connectivity index (χ1n) is 4.72. The minimum Gasteiger partial charge on any atom is -0.369 e. The Morgan fingerprint density at radius 3 is 2.36 bits per heavy atom. The minimum atomic E-state index is -0.695. The standard InChI is InChI=1S/C10H18F2N2/c1-5-9(12)8(4)14-10(6-11)13-7(2)3/h5,7-8H,6H2,1-4H3,(H,13,14)/b9-5+. The second kappa shape index (κ2) is 6.51. The van der Waals surface area contributed by atoms with Crippen LogP contribution in [-0.2, 0) is 0 Å². The van der Waals surface area contributed by atoms with Crippen LogP contribution in [0.5, 0.6) is 0 Å². The van der Waals surface area contributed by atoms with Gasteiger partial charge in [0.05, 0.1) is 0 Å². The van der Waals surface area contributed by atoms with Gasteiger partial charge in [-0.05, 0) is 27.7 Å². The van der Waals surface area contributed by atoms with Gasteiger partial charge in [-0.3, -0.25) is 4.99 Å². The zero-order chi connectivity index (χ0) is 11.1. The summed E-state index contributed by atoms with van der Waals surface area (Å²) >= 11 is 0. The first-order valence-corrected chi connectivity index (χ1v) is 4.72. The monoisotopic (exact) mass is 204 g/mol. The van der Waals surface area contributed by atoms with Crippen molar-refractivity contribution in [2.75, 3.05) is 6.67 Å². The topological polar surface area (TPSA) is 24.4 Å². The van der Waals surface area contributed by atoms with Crippen molar-refractivity contribution < 1.29 is 8.78 Å². The molecule has 1 unspecified atom stereocenters. The Bertz CT molecular complexity index is 222. The fraction of sp³-hybridized carbons (Fsp3) is 0.700. The number of aliphatic imine (C=N–C) groups is 1. The van der Waals surface area contributed by atoms with Crippen molar-refractivity contribution in [2.24, 2.45) is 4.99 Å². The summed E-state index contributed by atoms with van der Waals surface area (Å²) < 4.78 is 25.4. The number of nitrogens with one attached hydrogen (secondary N) is 1. The molecular weight excluding hydrogens is 186 g/mol. The average molecular weight is 204 g/mol. The van der Waals surface area contributed by atoms with Gasteiger partial charge in [0.15, 0.2) is 0 Å². The van der Waals surface area contributed by atoms with Crippen molar-refractivity contribution >= 4 is 5.84 Å². The average Bonchev–Trinajstić information content (AvgIpc) is 2.14. The number of nitrogens with zero attached hydrogens (tertiary/aromatic N) is 1. The van der Waals surface area contributed by atoms with Crippen molar-refractivity contribution in [1.82, 2.24) is 5.32 Å². The molecule has 0 saturated carbocycles. The van der Waals surface area contributed by atoms with Crippen molar-refractivity contribution in [3.63, 3.8) is 0 Å². The molecule has 0 aromatic heterocycles. The Balaban J connectivity index is 4.42. The van der Waals surface area contributed by atoms with Crippen molar-refractivity contribution in [3.05, 3.63) is 11.9 Å². The number of amidine groups is 1. The van der Waals surface area contributed by atoms with Gasteiger partial charge in [0.1, 0.15) is 24.4 Å². The van der Waals surface area contributed by atoms with Gasteiger partial charge >= 0.3 is 0 Å². The van der Waals surface area contributed by atoms with Crippen LogP contribution in [0.1, 0.15) is 27.7 Å². The Labute approximate surface area is 84.1 Å². The second-order valence-electron chi connectivity index (χ2n) is 3.36. The highest BCUT2D eigenvalue weighted by Crippen LogP contribution is 2.07. The van der Waals surface area contributed by atoms with Crippen LogP contribution in [0, 0.1) is 0 Å². The molecule has 0 spiro atoms. The highest BCUT2D eigenvalue weighted by molar-refractivity contribution is 5.83. The van der Waals surface area contributed by atoms with Gasteiger partial charge in [0, 0.05) is 6.04 Å². The molecule has 0 bridgehead atoms. The van der Waals surface area contributed by atoms with Crippen molar-refractivity contribution in [3.8, 4) is 0 Å². The van der Waals surface area contributed by atoms with E-state index in [1.165, 1.54) is 6.08 Å². The number of hydrogen-bond acceptors (Lipinski definition) is 1. The summed E-state index contributed by atoms with van der Waals surface area (Å²) in [6.45, 7) is 6.24. The second-order valence-corrected chi connectivity index (χ2v) is 3.36. The number of alkyl halides is 1. The molecule has 0 aliphatic heterocycles. The molecule has 0 aromatic carbocycles. The van der Waals surface area contributed by atoms with E-state index in [1.54, 1.807) is 13.8 Å². The van der Waals surface area contributed by atoms with Crippen LogP contribution in [0.25, 0.3) is 0 Å². The first kappa shape index (κ1) is 13.1. The maximum absolute atomic E-state index is 13.0. The summed E-state index contributed by atoms with van der Waals surface area (Å²) in [6.07, 6.45) is 1.33. The summed E-state index contributed by atoms with van der Waals surface area (Å²) in [4.78, 5) is 3.89. The third-order valence-electron chi connectivity index (χ3n) is 1.61. The molecule has 0 rings (SSSR count). The molecule has 0 saturated heterocycles. The van der Waals surface area contributed by atoms with E-state index in [9.17, 15) is 8.78 Å². The third kappa shape index (κ3) is 4.94. The number of hydrogen-bond donors (Lipinski definition) is 1. The largest absolute Gasteiger partial charge is 0.369 e. The summed E-state index contributed by atoms with van der Waals surface area (Å²) in [6, 6.07) is -0.512. The van der Waals surface area contributed by atoms with E-state index in [4.69, 9.17) is 0 Å². The SMILES string of the molecule is C/C=C(/F)C(C)N=C(CF)NC(C)C. The van der Waals surface area contributed by atoms with Gasteiger partial charge in [-0.2, -0.15) is 0 Å². The molecule has 4 heteroatoms. The molecule has 0 aromatic rings. The third-order valence-corrected chi connectivity index (χ3v) is 1.61. The van der Waals surface area contributed by atoms with Crippen molar-refractivity contribution in [2.45, 2.75) is 39.8 Å². The molecule has 0 radical (unpaired) electrons. The Morgan fingerprint density at radius 1 is 1.43 bits per heavy atom. The maximum Gasteiger partial charge on any atom is 0.146 e. The minimum absolute atomic E-state index is 0.102. The molecule has 2 nitrogen and oxygen atoms in total. The van der Waals surface area contributed by atoms with Gasteiger partial charge in [-0.25, -0.2) is 8.78 Å². The van der Waals surface area contributed by atoms with Gasteiger partial charge in [-0.1, -0.05) is 6.08 Å². The predicted molar refractivity (Wildman–Crippen MR) is 56.0 cm³/mol. The highest BCUT2D eigenvalue weighted by Gasteiger charge is 2.08. The van der Waals surface area contributed by atoms with Gasteiger partial charge in [-0.15, -0.1) is 0 Å². The molecule has 1 atom stereocenters. The molecule has 0 amide bonds. The molecule has 1 N–H and O–H groups in total. The van der Waals surface area contributed by atoms with E-state index >= 15 is 0 Å². The molecule has 82 valence electrons. The number of halogens is 2. The Kier molecular flexibility index (Phi) is 6.08. The van der Waals surface area contributed by atoms with E-state index in [2.05, 4.69) is 10.3 Å². The zero-order valence-electron chi connectivity index (χ0n) is 9.14. The lowest BCUT2D eigenvalue weighted by atomic mass is 10.3. The van der Waals surface area contributed by atoms with E-state index in [0.29, 0.717) is 0 Å². The molecule has 0 aliphatic rings. The zero-order valence-corrected chi connectivity index (χ0v) is 9.14. The number of rotatable bonds is 4. The van der Waals surface area contributed by atoms with Crippen LogP contribution < -0.4 is 5.32 Å². The lowest BCUT2D eigenvalue weighted by molar-refractivity contribution is 0.537. The summed E-state index contributed by atoms with van der Waals surface area (Å²) in [5, 5.41) is 2.82. The van der Waals surface area contributed by atoms with Crippen LogP contribution in [-0.4, -0.2) is 24.6 Å². The van der Waals surface area contributed by atoms with Crippen LogP contribution in [0.4, 0.5) is 8.78 Å². The van der Waals surface area contributed by atoms with E-state index < -0.39 is 12.7 Å². The van der Waals surface area contributed by atoms with Crippen molar-refractivity contribution in [1.29, 1.82) is 0 Å². The Morgan fingerprint density at radius 2 is 2.00 bits per heavy atom. The normalized spacial score (nSPS) is 15.9. The van der Waals surface area contributed by atoms with E-state index in [1.807, 2.05) is 13.8 Å². The fourth-order valence-corrected chi connectivity index (χ4v) is 0.980.